The van der Waals surface area contributed by atoms with Crippen LogP contribution in [-0.2, 0) is 9.53 Å². The van der Waals surface area contributed by atoms with Gasteiger partial charge in [0.25, 0.3) is 5.91 Å². The molecule has 4 rings (SSSR count). The Balaban J connectivity index is 1.66. The molecule has 0 N–H and O–H groups in total. The van der Waals surface area contributed by atoms with E-state index in [0.717, 1.165) is 43.4 Å². The highest BCUT2D eigenvalue weighted by Crippen LogP contribution is 2.35. The molecule has 158 valence electrons. The Hall–Kier alpha value is -2.64. The minimum absolute atomic E-state index is 0.0299. The van der Waals surface area contributed by atoms with Crippen molar-refractivity contribution in [2.24, 2.45) is 0 Å². The van der Waals surface area contributed by atoms with Gasteiger partial charge in [0, 0.05) is 24.5 Å². The number of carbonyl (C=O) groups excluding carboxylic acids is 1. The quantitative estimate of drug-likeness (QED) is 0.697. The Morgan fingerprint density at radius 1 is 1.03 bits per heavy atom. The van der Waals surface area contributed by atoms with Crippen molar-refractivity contribution >= 4 is 40.3 Å². The highest BCUT2D eigenvalue weighted by Gasteiger charge is 2.41. The molecule has 2 fully saturated rings. The van der Waals surface area contributed by atoms with Crippen LogP contribution in [0.4, 0.5) is 17.1 Å². The molecule has 6 nitrogen and oxygen atoms in total. The Bertz CT molecular complexity index is 947. The van der Waals surface area contributed by atoms with Gasteiger partial charge in [-0.1, -0.05) is 0 Å². The summed E-state index contributed by atoms with van der Waals surface area (Å²) in [5.41, 5.74) is 5.30. The maximum atomic E-state index is 13.1. The van der Waals surface area contributed by atoms with Crippen molar-refractivity contribution in [3.8, 4) is 5.75 Å². The van der Waals surface area contributed by atoms with E-state index in [2.05, 4.69) is 30.9 Å². The van der Waals surface area contributed by atoms with E-state index in [1.165, 1.54) is 16.8 Å². The molecule has 2 aliphatic rings. The molecule has 0 spiro atoms. The van der Waals surface area contributed by atoms with Crippen molar-refractivity contribution in [2.75, 3.05) is 48.1 Å². The maximum Gasteiger partial charge on any atom is 0.256 e. The highest BCUT2D eigenvalue weighted by atomic mass is 32.1. The van der Waals surface area contributed by atoms with E-state index in [-0.39, 0.29) is 11.9 Å². The third kappa shape index (κ3) is 3.52. The van der Waals surface area contributed by atoms with Crippen LogP contribution < -0.4 is 19.4 Å². The summed E-state index contributed by atoms with van der Waals surface area (Å²) in [5, 5.41) is 0.496. The lowest BCUT2D eigenvalue weighted by Crippen LogP contribution is -2.37. The van der Waals surface area contributed by atoms with Gasteiger partial charge >= 0.3 is 0 Å². The largest absolute Gasteiger partial charge is 0.497 e. The predicted molar refractivity (Wildman–Crippen MR) is 124 cm³/mol. The molecular weight excluding hydrogens is 398 g/mol. The molecule has 1 amide bonds. The first-order valence-electron chi connectivity index (χ1n) is 10.2. The predicted octanol–water partition coefficient (Wildman–Crippen LogP) is 3.68. The van der Waals surface area contributed by atoms with Crippen LogP contribution in [0.2, 0.25) is 0 Å². The van der Waals surface area contributed by atoms with Crippen LogP contribution in [0.1, 0.15) is 18.1 Å². The molecule has 2 heterocycles. The lowest BCUT2D eigenvalue weighted by Gasteiger charge is -2.32. The first kappa shape index (κ1) is 20.6. The van der Waals surface area contributed by atoms with Crippen molar-refractivity contribution in [3.05, 3.63) is 47.5 Å². The summed E-state index contributed by atoms with van der Waals surface area (Å²) in [6, 6.07) is 11.3. The van der Waals surface area contributed by atoms with Crippen LogP contribution >= 0.6 is 12.2 Å². The fourth-order valence-corrected chi connectivity index (χ4v) is 4.78. The number of benzene rings is 2. The lowest BCUT2D eigenvalue weighted by atomic mass is 10.0. The fourth-order valence-electron chi connectivity index (χ4n) is 4.33. The van der Waals surface area contributed by atoms with E-state index < -0.39 is 0 Å². The van der Waals surface area contributed by atoms with Crippen molar-refractivity contribution in [3.63, 3.8) is 0 Å². The molecule has 2 aromatic rings. The number of aryl methyl sites for hydroxylation is 2. The molecular formula is C23H27N3O3S. The molecule has 0 aliphatic carbocycles. The summed E-state index contributed by atoms with van der Waals surface area (Å²) >= 11 is 5.76. The van der Waals surface area contributed by atoms with Gasteiger partial charge in [0.05, 0.1) is 26.0 Å². The molecule has 1 atom stereocenters. The zero-order valence-electron chi connectivity index (χ0n) is 17.8. The number of ether oxygens (including phenoxy) is 2. The number of carbonyl (C=O) groups is 1. The Morgan fingerprint density at radius 3 is 2.20 bits per heavy atom. The lowest BCUT2D eigenvalue weighted by molar-refractivity contribution is -0.117. The average molecular weight is 426 g/mol. The molecule has 0 radical (unpaired) electrons. The summed E-state index contributed by atoms with van der Waals surface area (Å²) in [4.78, 5) is 19.0. The van der Waals surface area contributed by atoms with Gasteiger partial charge in [0.15, 0.2) is 5.11 Å². The minimum atomic E-state index is -0.368. The summed E-state index contributed by atoms with van der Waals surface area (Å²) in [6.07, 6.45) is 0. The van der Waals surface area contributed by atoms with Crippen LogP contribution in [0.15, 0.2) is 36.4 Å². The number of rotatable bonds is 4. The van der Waals surface area contributed by atoms with Gasteiger partial charge in [0.1, 0.15) is 11.8 Å². The topological polar surface area (TPSA) is 45.2 Å². The van der Waals surface area contributed by atoms with E-state index in [4.69, 9.17) is 21.7 Å². The standard InChI is InChI=1S/C23H27N3O3S/c1-15-13-19(14-16(2)21(15)24-9-11-29-12-10-24)25-17(3)22(27)26(23(25)30)18-5-7-20(28-4)8-6-18/h5-8,13-14,17H,9-12H2,1-4H3. The number of morpholine rings is 1. The zero-order chi connectivity index (χ0) is 21.4. The van der Waals surface area contributed by atoms with Crippen LogP contribution in [-0.4, -0.2) is 50.5 Å². The van der Waals surface area contributed by atoms with Crippen molar-refractivity contribution in [1.82, 2.24) is 0 Å². The third-order valence-corrected chi connectivity index (χ3v) is 6.15. The van der Waals surface area contributed by atoms with E-state index >= 15 is 0 Å². The smallest absolute Gasteiger partial charge is 0.256 e. The number of methoxy groups -OCH3 is 1. The normalized spacial score (nSPS) is 19.6. The van der Waals surface area contributed by atoms with Crippen LogP contribution in [0.3, 0.4) is 0 Å². The van der Waals surface area contributed by atoms with E-state index in [1.807, 2.05) is 36.1 Å². The van der Waals surface area contributed by atoms with Gasteiger partial charge in [0.2, 0.25) is 0 Å². The Labute approximate surface area is 183 Å². The summed E-state index contributed by atoms with van der Waals surface area (Å²) in [6.45, 7) is 9.42. The first-order valence-corrected chi connectivity index (χ1v) is 10.6. The SMILES string of the molecule is COc1ccc(N2C(=O)C(C)N(c3cc(C)c(N4CCOCC4)c(C)c3)C2=S)cc1. The monoisotopic (exact) mass is 425 g/mol. The summed E-state index contributed by atoms with van der Waals surface area (Å²) < 4.78 is 10.7. The molecule has 2 aromatic carbocycles. The number of nitrogens with zero attached hydrogens (tertiary/aromatic N) is 3. The number of thiocarbonyl (C=S) groups is 1. The second-order valence-electron chi connectivity index (χ2n) is 7.73. The van der Waals surface area contributed by atoms with Gasteiger partial charge in [-0.2, -0.15) is 0 Å². The number of hydrogen-bond donors (Lipinski definition) is 0. The molecule has 0 bridgehead atoms. The van der Waals surface area contributed by atoms with E-state index in [1.54, 1.807) is 12.0 Å². The molecule has 0 saturated carbocycles. The van der Waals surface area contributed by atoms with Crippen LogP contribution in [0.5, 0.6) is 5.75 Å². The van der Waals surface area contributed by atoms with Gasteiger partial charge in [-0.3, -0.25) is 9.69 Å². The van der Waals surface area contributed by atoms with Gasteiger partial charge in [-0.25, -0.2) is 0 Å². The molecule has 2 saturated heterocycles. The van der Waals surface area contributed by atoms with Crippen LogP contribution in [0.25, 0.3) is 0 Å². The average Bonchev–Trinajstić information content (AvgIpc) is 2.96. The second-order valence-corrected chi connectivity index (χ2v) is 8.09. The van der Waals surface area contributed by atoms with Crippen molar-refractivity contribution in [2.45, 2.75) is 26.8 Å². The zero-order valence-corrected chi connectivity index (χ0v) is 18.7. The molecule has 30 heavy (non-hydrogen) atoms. The second kappa shape index (κ2) is 8.24. The van der Waals surface area contributed by atoms with Crippen molar-refractivity contribution in [1.29, 1.82) is 0 Å². The number of hydrogen-bond acceptors (Lipinski definition) is 5. The van der Waals surface area contributed by atoms with E-state index in [0.29, 0.717) is 5.11 Å². The number of amides is 1. The third-order valence-electron chi connectivity index (χ3n) is 5.77. The van der Waals surface area contributed by atoms with Crippen LogP contribution in [0, 0.1) is 13.8 Å². The Kier molecular flexibility index (Phi) is 5.66. The molecule has 2 aliphatic heterocycles. The molecule has 1 unspecified atom stereocenters. The van der Waals surface area contributed by atoms with E-state index in [9.17, 15) is 4.79 Å². The fraction of sp³-hybridized carbons (Fsp3) is 0.391. The van der Waals surface area contributed by atoms with Crippen molar-refractivity contribution < 1.29 is 14.3 Å². The first-order chi connectivity index (χ1) is 14.4. The summed E-state index contributed by atoms with van der Waals surface area (Å²) in [7, 11) is 1.62. The highest BCUT2D eigenvalue weighted by molar-refractivity contribution is 7.81. The van der Waals surface area contributed by atoms with Gasteiger partial charge < -0.3 is 19.3 Å². The maximum absolute atomic E-state index is 13.1. The van der Waals surface area contributed by atoms with Gasteiger partial charge in [-0.05, 0) is 80.5 Å². The minimum Gasteiger partial charge on any atom is -0.497 e. The number of anilines is 3. The molecule has 7 heteroatoms. The Morgan fingerprint density at radius 2 is 1.63 bits per heavy atom. The summed E-state index contributed by atoms with van der Waals surface area (Å²) in [5.74, 6) is 0.712. The van der Waals surface area contributed by atoms with Gasteiger partial charge in [-0.15, -0.1) is 0 Å². The molecule has 0 aromatic heterocycles.